The first kappa shape index (κ1) is 15.2. The Labute approximate surface area is 122 Å². The molecule has 0 aromatic heterocycles. The molecule has 2 rings (SSSR count). The summed E-state index contributed by atoms with van der Waals surface area (Å²) < 4.78 is 5.64. The zero-order valence-corrected chi connectivity index (χ0v) is 11.9. The monoisotopic (exact) mass is 293 g/mol. The molecule has 1 aliphatic rings. The van der Waals surface area contributed by atoms with E-state index < -0.39 is 4.92 Å². The van der Waals surface area contributed by atoms with Gasteiger partial charge in [-0.15, -0.1) is 0 Å². The Hall–Kier alpha value is -2.15. The molecule has 1 aliphatic carbocycles. The summed E-state index contributed by atoms with van der Waals surface area (Å²) in [6.45, 7) is 2.86. The lowest BCUT2D eigenvalue weighted by Crippen LogP contribution is -2.37. The van der Waals surface area contributed by atoms with Gasteiger partial charge < -0.3 is 15.8 Å². The quantitative estimate of drug-likeness (QED) is 0.610. The Kier molecular flexibility index (Phi) is 4.74. The molecule has 0 unspecified atom stereocenters. The third-order valence-electron chi connectivity index (χ3n) is 3.57. The van der Waals surface area contributed by atoms with Gasteiger partial charge in [0.1, 0.15) is 0 Å². The number of nitro benzene ring substituents is 1. The lowest BCUT2D eigenvalue weighted by Gasteiger charge is -2.34. The Bertz CT molecular complexity index is 541. The number of nitrogens with one attached hydrogen (secondary N) is 1. The summed E-state index contributed by atoms with van der Waals surface area (Å²) >= 11 is 0. The molecule has 0 saturated heterocycles. The van der Waals surface area contributed by atoms with Gasteiger partial charge in [0, 0.05) is 18.2 Å². The SMILES string of the molecule is CCNC(=O)c1ccc(OC2CC(CN)C2)c([N+](=O)[O-])c1. The molecule has 7 heteroatoms. The molecule has 0 radical (unpaired) electrons. The third-order valence-corrected chi connectivity index (χ3v) is 3.57. The minimum Gasteiger partial charge on any atom is -0.483 e. The first-order chi connectivity index (χ1) is 10.0. The van der Waals surface area contributed by atoms with Gasteiger partial charge in [0.2, 0.25) is 0 Å². The second-order valence-electron chi connectivity index (χ2n) is 5.11. The van der Waals surface area contributed by atoms with Gasteiger partial charge in [0.25, 0.3) is 5.91 Å². The van der Waals surface area contributed by atoms with E-state index in [1.54, 1.807) is 6.92 Å². The van der Waals surface area contributed by atoms with E-state index in [-0.39, 0.29) is 29.0 Å². The molecule has 0 bridgehead atoms. The molecule has 7 nitrogen and oxygen atoms in total. The second-order valence-corrected chi connectivity index (χ2v) is 5.11. The first-order valence-corrected chi connectivity index (χ1v) is 6.98. The average molecular weight is 293 g/mol. The topological polar surface area (TPSA) is 107 Å². The second kappa shape index (κ2) is 6.53. The Morgan fingerprint density at radius 3 is 2.81 bits per heavy atom. The summed E-state index contributed by atoms with van der Waals surface area (Å²) in [5.41, 5.74) is 5.61. The van der Waals surface area contributed by atoms with Crippen LogP contribution in [-0.2, 0) is 0 Å². The summed E-state index contributed by atoms with van der Waals surface area (Å²) in [6, 6.07) is 4.27. The maximum absolute atomic E-state index is 11.7. The van der Waals surface area contributed by atoms with Crippen LogP contribution in [0.15, 0.2) is 18.2 Å². The smallest absolute Gasteiger partial charge is 0.311 e. The van der Waals surface area contributed by atoms with Crippen LogP contribution in [-0.4, -0.2) is 30.0 Å². The number of benzene rings is 1. The number of nitrogens with two attached hydrogens (primary N) is 1. The predicted octanol–water partition coefficient (Wildman–Crippen LogP) is 1.46. The van der Waals surface area contributed by atoms with Crippen LogP contribution in [0.2, 0.25) is 0 Å². The maximum Gasteiger partial charge on any atom is 0.311 e. The summed E-state index contributed by atoms with van der Waals surface area (Å²) in [4.78, 5) is 22.3. The Morgan fingerprint density at radius 1 is 1.52 bits per heavy atom. The Balaban J connectivity index is 2.14. The summed E-state index contributed by atoms with van der Waals surface area (Å²) in [5, 5.41) is 13.7. The average Bonchev–Trinajstić information content (AvgIpc) is 2.42. The third kappa shape index (κ3) is 3.49. The highest BCUT2D eigenvalue weighted by molar-refractivity contribution is 5.95. The maximum atomic E-state index is 11.7. The first-order valence-electron chi connectivity index (χ1n) is 6.98. The highest BCUT2D eigenvalue weighted by atomic mass is 16.6. The molecular formula is C14H19N3O4. The molecule has 0 atom stereocenters. The predicted molar refractivity (Wildman–Crippen MR) is 77.3 cm³/mol. The van der Waals surface area contributed by atoms with Crippen molar-refractivity contribution in [3.63, 3.8) is 0 Å². The van der Waals surface area contributed by atoms with Crippen molar-refractivity contribution >= 4 is 11.6 Å². The van der Waals surface area contributed by atoms with Crippen molar-refractivity contribution in [1.82, 2.24) is 5.32 Å². The summed E-state index contributed by atoms with van der Waals surface area (Å²) in [5.74, 6) is 0.302. The number of nitrogens with zero attached hydrogens (tertiary/aromatic N) is 1. The van der Waals surface area contributed by atoms with Crippen molar-refractivity contribution in [2.24, 2.45) is 11.7 Å². The van der Waals surface area contributed by atoms with E-state index in [1.165, 1.54) is 18.2 Å². The number of carbonyl (C=O) groups excluding carboxylic acids is 1. The van der Waals surface area contributed by atoms with Crippen LogP contribution in [0.3, 0.4) is 0 Å². The van der Waals surface area contributed by atoms with Gasteiger partial charge in [-0.25, -0.2) is 0 Å². The number of rotatable bonds is 6. The number of amides is 1. The van der Waals surface area contributed by atoms with Gasteiger partial charge in [-0.05, 0) is 44.4 Å². The fourth-order valence-corrected chi connectivity index (χ4v) is 2.31. The van der Waals surface area contributed by atoms with Gasteiger partial charge >= 0.3 is 5.69 Å². The van der Waals surface area contributed by atoms with Gasteiger partial charge in [0.05, 0.1) is 11.0 Å². The molecule has 114 valence electrons. The van der Waals surface area contributed by atoms with Crippen LogP contribution in [0, 0.1) is 16.0 Å². The molecule has 1 aromatic rings. The molecule has 1 saturated carbocycles. The molecule has 1 aromatic carbocycles. The van der Waals surface area contributed by atoms with E-state index in [0.29, 0.717) is 19.0 Å². The lowest BCUT2D eigenvalue weighted by molar-refractivity contribution is -0.386. The normalized spacial score (nSPS) is 20.5. The van der Waals surface area contributed by atoms with E-state index in [4.69, 9.17) is 10.5 Å². The van der Waals surface area contributed by atoms with Gasteiger partial charge in [-0.3, -0.25) is 14.9 Å². The number of hydrogen-bond donors (Lipinski definition) is 2. The van der Waals surface area contributed by atoms with Crippen LogP contribution in [0.4, 0.5) is 5.69 Å². The van der Waals surface area contributed by atoms with Gasteiger partial charge in [-0.1, -0.05) is 0 Å². The minimum absolute atomic E-state index is 0.0347. The molecule has 0 spiro atoms. The highest BCUT2D eigenvalue weighted by Crippen LogP contribution is 2.35. The lowest BCUT2D eigenvalue weighted by atomic mass is 9.82. The summed E-state index contributed by atoms with van der Waals surface area (Å²) in [7, 11) is 0. The van der Waals surface area contributed by atoms with Crippen LogP contribution in [0.25, 0.3) is 0 Å². The van der Waals surface area contributed by atoms with Crippen LogP contribution < -0.4 is 15.8 Å². The standard InChI is InChI=1S/C14H19N3O4/c1-2-16-14(18)10-3-4-13(12(7-10)17(19)20)21-11-5-9(6-11)8-15/h3-4,7,9,11H,2,5-6,8,15H2,1H3,(H,16,18). The minimum atomic E-state index is -0.531. The molecule has 0 heterocycles. The molecule has 21 heavy (non-hydrogen) atoms. The fourth-order valence-electron chi connectivity index (χ4n) is 2.31. The molecule has 3 N–H and O–H groups in total. The highest BCUT2D eigenvalue weighted by Gasteiger charge is 2.31. The van der Waals surface area contributed by atoms with Crippen molar-refractivity contribution in [3.05, 3.63) is 33.9 Å². The van der Waals surface area contributed by atoms with Crippen LogP contribution >= 0.6 is 0 Å². The zero-order valence-electron chi connectivity index (χ0n) is 11.9. The number of carbonyl (C=O) groups is 1. The molecular weight excluding hydrogens is 274 g/mol. The van der Waals surface area contributed by atoms with E-state index in [0.717, 1.165) is 12.8 Å². The number of hydrogen-bond acceptors (Lipinski definition) is 5. The van der Waals surface area contributed by atoms with Crippen molar-refractivity contribution < 1.29 is 14.5 Å². The van der Waals surface area contributed by atoms with E-state index in [9.17, 15) is 14.9 Å². The van der Waals surface area contributed by atoms with Crippen LogP contribution in [0.5, 0.6) is 5.75 Å². The largest absolute Gasteiger partial charge is 0.483 e. The molecule has 0 aliphatic heterocycles. The fraction of sp³-hybridized carbons (Fsp3) is 0.500. The van der Waals surface area contributed by atoms with E-state index in [1.807, 2.05) is 0 Å². The molecule has 1 fully saturated rings. The zero-order chi connectivity index (χ0) is 15.4. The van der Waals surface area contributed by atoms with Crippen molar-refractivity contribution in [1.29, 1.82) is 0 Å². The van der Waals surface area contributed by atoms with Crippen molar-refractivity contribution in [2.75, 3.05) is 13.1 Å². The number of ether oxygens (including phenoxy) is 1. The van der Waals surface area contributed by atoms with Crippen LogP contribution in [0.1, 0.15) is 30.1 Å². The van der Waals surface area contributed by atoms with E-state index >= 15 is 0 Å². The van der Waals surface area contributed by atoms with Gasteiger partial charge in [0.15, 0.2) is 5.75 Å². The van der Waals surface area contributed by atoms with Crippen molar-refractivity contribution in [3.8, 4) is 5.75 Å². The number of nitro groups is 1. The van der Waals surface area contributed by atoms with Gasteiger partial charge in [-0.2, -0.15) is 0 Å². The van der Waals surface area contributed by atoms with E-state index in [2.05, 4.69) is 5.32 Å². The summed E-state index contributed by atoms with van der Waals surface area (Å²) in [6.07, 6.45) is 1.59. The Morgan fingerprint density at radius 2 is 2.24 bits per heavy atom. The molecule has 1 amide bonds. The van der Waals surface area contributed by atoms with Crippen molar-refractivity contribution in [2.45, 2.75) is 25.9 Å².